The van der Waals surface area contributed by atoms with Crippen LogP contribution in [0.15, 0.2) is 5.16 Å². The molecular formula is C4H7NOS. The Hall–Kier alpha value is -0.440. The van der Waals surface area contributed by atoms with Crippen molar-refractivity contribution in [1.82, 2.24) is 0 Å². The second-order valence-electron chi connectivity index (χ2n) is 1.03. The van der Waals surface area contributed by atoms with Gasteiger partial charge in [-0.05, 0) is 6.92 Å². The maximum absolute atomic E-state index is 4.50. The number of hydrogen-bond acceptors (Lipinski definition) is 3. The monoisotopic (exact) mass is 117 g/mol. The van der Waals surface area contributed by atoms with Crippen molar-refractivity contribution in [3.05, 3.63) is 0 Å². The third kappa shape index (κ3) is 3.39. The molecule has 0 unspecified atom stereocenters. The minimum atomic E-state index is 0.720. The highest BCUT2D eigenvalue weighted by atomic mass is 32.1. The summed E-state index contributed by atoms with van der Waals surface area (Å²) in [5.74, 6) is 0. The Bertz CT molecular complexity index is 89.7. The zero-order valence-corrected chi connectivity index (χ0v) is 5.16. The summed E-state index contributed by atoms with van der Waals surface area (Å²) in [6, 6.07) is 0. The molecule has 0 aliphatic carbocycles. The van der Waals surface area contributed by atoms with E-state index in [4.69, 9.17) is 0 Å². The van der Waals surface area contributed by atoms with Crippen LogP contribution in [0, 0.1) is 0 Å². The molecule has 0 radical (unpaired) electrons. The van der Waals surface area contributed by atoms with E-state index in [-0.39, 0.29) is 0 Å². The molecule has 3 heteroatoms. The lowest BCUT2D eigenvalue weighted by molar-refractivity contribution is 0.214. The van der Waals surface area contributed by atoms with Gasteiger partial charge in [-0.1, -0.05) is 17.4 Å². The normalized spacial score (nSPS) is 10.9. The van der Waals surface area contributed by atoms with Crippen molar-refractivity contribution in [2.75, 3.05) is 7.11 Å². The molecule has 0 N–H and O–H groups in total. The van der Waals surface area contributed by atoms with Gasteiger partial charge in [-0.15, -0.1) is 0 Å². The van der Waals surface area contributed by atoms with Gasteiger partial charge < -0.3 is 4.84 Å². The van der Waals surface area contributed by atoms with Gasteiger partial charge in [0.05, 0.1) is 5.71 Å². The van der Waals surface area contributed by atoms with Gasteiger partial charge in [0.25, 0.3) is 0 Å². The lowest BCUT2D eigenvalue weighted by atomic mass is 10.5. The van der Waals surface area contributed by atoms with E-state index >= 15 is 0 Å². The molecule has 0 aliphatic rings. The maximum Gasteiger partial charge on any atom is 0.106 e. The van der Waals surface area contributed by atoms with Crippen LogP contribution >= 0.6 is 12.2 Å². The third-order valence-electron chi connectivity index (χ3n) is 0.406. The smallest absolute Gasteiger partial charge is 0.106 e. The number of thiocarbonyl (C=S) groups is 1. The fraction of sp³-hybridized carbons (Fsp3) is 0.500. The van der Waals surface area contributed by atoms with Crippen LogP contribution < -0.4 is 0 Å². The lowest BCUT2D eigenvalue weighted by Crippen LogP contribution is -1.88. The zero-order chi connectivity index (χ0) is 5.70. The van der Waals surface area contributed by atoms with Gasteiger partial charge in [-0.25, -0.2) is 0 Å². The molecule has 0 atom stereocenters. The van der Waals surface area contributed by atoms with Crippen molar-refractivity contribution >= 4 is 23.3 Å². The Labute approximate surface area is 48.2 Å². The molecule has 40 valence electrons. The average Bonchev–Trinajstić information content (AvgIpc) is 1.68. The Balaban J connectivity index is 3.49. The topological polar surface area (TPSA) is 21.6 Å². The molecule has 7 heavy (non-hydrogen) atoms. The van der Waals surface area contributed by atoms with Gasteiger partial charge >= 0.3 is 0 Å². The summed E-state index contributed by atoms with van der Waals surface area (Å²) in [5.41, 5.74) is 0.720. The summed E-state index contributed by atoms with van der Waals surface area (Å²) in [6.45, 7) is 1.77. The quantitative estimate of drug-likeness (QED) is 0.306. The molecular weight excluding hydrogens is 110 g/mol. The second-order valence-corrected chi connectivity index (χ2v) is 1.27. The van der Waals surface area contributed by atoms with Crippen LogP contribution in [0.5, 0.6) is 0 Å². The van der Waals surface area contributed by atoms with Gasteiger partial charge in [0.1, 0.15) is 7.11 Å². The Morgan fingerprint density at radius 2 is 2.43 bits per heavy atom. The molecule has 2 nitrogen and oxygen atoms in total. The first-order chi connectivity index (χ1) is 3.31. The third-order valence-corrected chi connectivity index (χ3v) is 0.747. The Kier molecular flexibility index (Phi) is 3.50. The molecule has 0 heterocycles. The summed E-state index contributed by atoms with van der Waals surface area (Å²) >= 11 is 4.50. The van der Waals surface area contributed by atoms with E-state index in [1.807, 2.05) is 0 Å². The van der Waals surface area contributed by atoms with E-state index in [2.05, 4.69) is 22.2 Å². The molecule has 0 rings (SSSR count). The van der Waals surface area contributed by atoms with Crippen molar-refractivity contribution in [3.63, 3.8) is 0 Å². The van der Waals surface area contributed by atoms with Crippen molar-refractivity contribution in [3.8, 4) is 0 Å². The van der Waals surface area contributed by atoms with Crippen molar-refractivity contribution in [1.29, 1.82) is 0 Å². The van der Waals surface area contributed by atoms with Gasteiger partial charge in [0.2, 0.25) is 0 Å². The molecule has 0 saturated carbocycles. The molecule has 0 bridgehead atoms. The van der Waals surface area contributed by atoms with Crippen LogP contribution in [-0.2, 0) is 4.84 Å². The van der Waals surface area contributed by atoms with Crippen molar-refractivity contribution < 1.29 is 4.84 Å². The number of nitrogens with zero attached hydrogens (tertiary/aromatic N) is 1. The molecule has 0 amide bonds. The number of hydrogen-bond donors (Lipinski definition) is 0. The van der Waals surface area contributed by atoms with Crippen LogP contribution in [0.4, 0.5) is 0 Å². The predicted octanol–water partition coefficient (Wildman–Crippen LogP) is 1.01. The molecule has 0 aromatic carbocycles. The van der Waals surface area contributed by atoms with Crippen molar-refractivity contribution in [2.24, 2.45) is 5.16 Å². The molecule has 0 saturated heterocycles. The largest absolute Gasteiger partial charge is 0.399 e. The summed E-state index contributed by atoms with van der Waals surface area (Å²) in [6.07, 6.45) is 0. The lowest BCUT2D eigenvalue weighted by Gasteiger charge is -1.84. The summed E-state index contributed by atoms with van der Waals surface area (Å²) in [5, 5.41) is 4.96. The van der Waals surface area contributed by atoms with E-state index in [9.17, 15) is 0 Å². The fourth-order valence-corrected chi connectivity index (χ4v) is 0.209. The zero-order valence-electron chi connectivity index (χ0n) is 4.34. The highest BCUT2D eigenvalue weighted by Crippen LogP contribution is 1.71. The van der Waals surface area contributed by atoms with E-state index < -0.39 is 0 Å². The average molecular weight is 117 g/mol. The van der Waals surface area contributed by atoms with E-state index in [1.54, 1.807) is 6.92 Å². The SMILES string of the molecule is CON=C(C)C=S. The summed E-state index contributed by atoms with van der Waals surface area (Å²) in [7, 11) is 1.49. The van der Waals surface area contributed by atoms with E-state index in [0.29, 0.717) is 0 Å². The van der Waals surface area contributed by atoms with Crippen LogP contribution in [0.2, 0.25) is 0 Å². The minimum Gasteiger partial charge on any atom is -0.399 e. The fourth-order valence-electron chi connectivity index (χ4n) is 0.166. The first-order valence-corrected chi connectivity index (χ1v) is 2.31. The van der Waals surface area contributed by atoms with Crippen LogP contribution in [-0.4, -0.2) is 18.2 Å². The Morgan fingerprint density at radius 1 is 1.86 bits per heavy atom. The van der Waals surface area contributed by atoms with Gasteiger partial charge in [-0.2, -0.15) is 0 Å². The van der Waals surface area contributed by atoms with E-state index in [0.717, 1.165) is 5.71 Å². The number of oxime groups is 1. The molecule has 0 spiro atoms. The summed E-state index contributed by atoms with van der Waals surface area (Å²) < 4.78 is 0. The summed E-state index contributed by atoms with van der Waals surface area (Å²) in [4.78, 5) is 4.38. The minimum absolute atomic E-state index is 0.720. The van der Waals surface area contributed by atoms with Gasteiger partial charge in [0, 0.05) is 5.37 Å². The second kappa shape index (κ2) is 3.74. The first-order valence-electron chi connectivity index (χ1n) is 1.84. The molecule has 0 aromatic heterocycles. The standard InChI is InChI=1S/C4H7NOS/c1-4(3-7)5-6-2/h3H,1-2H3. The van der Waals surface area contributed by atoms with Crippen LogP contribution in [0.1, 0.15) is 6.92 Å². The molecule has 0 aliphatic heterocycles. The predicted molar refractivity (Wildman–Crippen MR) is 33.8 cm³/mol. The van der Waals surface area contributed by atoms with Crippen LogP contribution in [0.25, 0.3) is 0 Å². The maximum atomic E-state index is 4.50. The van der Waals surface area contributed by atoms with Gasteiger partial charge in [-0.3, -0.25) is 0 Å². The Morgan fingerprint density at radius 3 is 2.57 bits per heavy atom. The molecule has 0 aromatic rings. The highest BCUT2D eigenvalue weighted by Gasteiger charge is 1.76. The van der Waals surface area contributed by atoms with Crippen LogP contribution in [0.3, 0.4) is 0 Å². The highest BCUT2D eigenvalue weighted by molar-refractivity contribution is 7.80. The number of rotatable bonds is 2. The molecule has 0 fully saturated rings. The van der Waals surface area contributed by atoms with Gasteiger partial charge in [0.15, 0.2) is 0 Å². The first kappa shape index (κ1) is 6.56. The van der Waals surface area contributed by atoms with E-state index in [1.165, 1.54) is 12.5 Å². The van der Waals surface area contributed by atoms with Crippen molar-refractivity contribution in [2.45, 2.75) is 6.92 Å².